The zero-order valence-corrected chi connectivity index (χ0v) is 18.2. The van der Waals surface area contributed by atoms with Gasteiger partial charge in [-0.2, -0.15) is 5.26 Å². The Morgan fingerprint density at radius 2 is 2.00 bits per heavy atom. The largest absolute Gasteiger partial charge is 0.493 e. The highest BCUT2D eigenvalue weighted by atomic mass is 16.6. The van der Waals surface area contributed by atoms with E-state index in [4.69, 9.17) is 13.9 Å². The van der Waals surface area contributed by atoms with Crippen molar-refractivity contribution in [1.29, 1.82) is 5.26 Å². The first kappa shape index (κ1) is 23.7. The number of nitrogens with zero attached hydrogens (tertiary/aromatic N) is 2. The Balaban J connectivity index is 1.77. The Morgan fingerprint density at radius 1 is 1.21 bits per heavy atom. The number of nitrogens with one attached hydrogen (secondary N) is 1. The maximum absolute atomic E-state index is 12.5. The molecule has 0 radical (unpaired) electrons. The van der Waals surface area contributed by atoms with Gasteiger partial charge in [-0.25, -0.2) is 4.79 Å². The van der Waals surface area contributed by atoms with Gasteiger partial charge in [-0.1, -0.05) is 12.1 Å². The number of carbonyl (C=O) groups is 2. The first-order chi connectivity index (χ1) is 16.3. The van der Waals surface area contributed by atoms with Crippen molar-refractivity contribution in [2.24, 2.45) is 0 Å². The van der Waals surface area contributed by atoms with Crippen LogP contribution < -0.4 is 14.8 Å². The van der Waals surface area contributed by atoms with Crippen LogP contribution in [0.4, 0.5) is 5.69 Å². The summed E-state index contributed by atoms with van der Waals surface area (Å²) >= 11 is 0. The van der Waals surface area contributed by atoms with Crippen LogP contribution in [0, 0.1) is 28.4 Å². The van der Waals surface area contributed by atoms with Crippen molar-refractivity contribution >= 4 is 23.6 Å². The number of aryl methyl sites for hydroxylation is 1. The molecule has 10 heteroatoms. The first-order valence-electron chi connectivity index (χ1n) is 9.90. The molecule has 0 aliphatic rings. The average Bonchev–Trinajstić information content (AvgIpc) is 3.35. The van der Waals surface area contributed by atoms with Crippen molar-refractivity contribution in [3.05, 3.63) is 92.9 Å². The second-order valence-electron chi connectivity index (χ2n) is 6.99. The number of furan rings is 1. The lowest BCUT2D eigenvalue weighted by Gasteiger charge is -2.10. The number of rotatable bonds is 8. The highest BCUT2D eigenvalue weighted by molar-refractivity contribution is 6.01. The number of benzene rings is 2. The van der Waals surface area contributed by atoms with Crippen LogP contribution >= 0.6 is 0 Å². The second kappa shape index (κ2) is 10.6. The zero-order valence-electron chi connectivity index (χ0n) is 18.2. The Bertz CT molecular complexity index is 1300. The number of esters is 1. The normalized spacial score (nSPS) is 10.8. The Labute approximate surface area is 194 Å². The molecule has 34 heavy (non-hydrogen) atoms. The summed E-state index contributed by atoms with van der Waals surface area (Å²) in [5.74, 6) is -0.628. The minimum Gasteiger partial charge on any atom is -0.493 e. The maximum atomic E-state index is 12.5. The van der Waals surface area contributed by atoms with Gasteiger partial charge in [0.1, 0.15) is 17.4 Å². The molecule has 172 valence electrons. The van der Waals surface area contributed by atoms with Crippen LogP contribution in [-0.2, 0) is 11.3 Å². The minimum absolute atomic E-state index is 0.00307. The van der Waals surface area contributed by atoms with Gasteiger partial charge >= 0.3 is 5.97 Å². The van der Waals surface area contributed by atoms with E-state index in [-0.39, 0.29) is 34.9 Å². The molecule has 1 amide bonds. The third-order valence-electron chi connectivity index (χ3n) is 4.71. The van der Waals surface area contributed by atoms with Crippen LogP contribution in [0.2, 0.25) is 0 Å². The molecule has 3 aromatic rings. The van der Waals surface area contributed by atoms with Crippen LogP contribution in [0.15, 0.2) is 64.8 Å². The fourth-order valence-corrected chi connectivity index (χ4v) is 2.94. The Morgan fingerprint density at radius 3 is 2.65 bits per heavy atom. The number of methoxy groups -OCH3 is 1. The average molecular weight is 461 g/mol. The molecule has 1 aromatic heterocycles. The van der Waals surface area contributed by atoms with Crippen LogP contribution in [0.5, 0.6) is 11.5 Å². The standard InChI is InChI=1S/C24H19N3O7/c1-15-5-7-17(12-20(15)27(30)31)24(29)34-21-8-6-16(11-22(21)32-2)10-18(13-25)23(28)26-14-19-4-3-9-33-19/h3-12H,14H2,1-2H3,(H,26,28)/b18-10+. The van der Waals surface area contributed by atoms with Gasteiger partial charge in [0.2, 0.25) is 0 Å². The summed E-state index contributed by atoms with van der Waals surface area (Å²) in [4.78, 5) is 35.4. The van der Waals surface area contributed by atoms with Crippen molar-refractivity contribution in [2.45, 2.75) is 13.5 Å². The van der Waals surface area contributed by atoms with Crippen LogP contribution in [-0.4, -0.2) is 23.9 Å². The number of amides is 1. The van der Waals surface area contributed by atoms with Crippen molar-refractivity contribution in [3.8, 4) is 17.6 Å². The number of nitro groups is 1. The van der Waals surface area contributed by atoms with E-state index in [2.05, 4.69) is 5.32 Å². The molecule has 0 spiro atoms. The molecule has 3 rings (SSSR count). The molecule has 1 N–H and O–H groups in total. The molecule has 0 aliphatic heterocycles. The van der Waals surface area contributed by atoms with Crippen molar-refractivity contribution in [1.82, 2.24) is 5.32 Å². The molecule has 1 heterocycles. The summed E-state index contributed by atoms with van der Waals surface area (Å²) in [5.41, 5.74) is 0.522. The highest BCUT2D eigenvalue weighted by Crippen LogP contribution is 2.30. The molecule has 0 saturated heterocycles. The fourth-order valence-electron chi connectivity index (χ4n) is 2.94. The lowest BCUT2D eigenvalue weighted by molar-refractivity contribution is -0.385. The summed E-state index contributed by atoms with van der Waals surface area (Å²) in [6.45, 7) is 1.69. The van der Waals surface area contributed by atoms with E-state index in [9.17, 15) is 25.0 Å². The van der Waals surface area contributed by atoms with Gasteiger partial charge in [0.05, 0.1) is 30.4 Å². The molecule has 0 unspecified atom stereocenters. The van der Waals surface area contributed by atoms with E-state index < -0.39 is 16.8 Å². The molecule has 0 atom stereocenters. The fraction of sp³-hybridized carbons (Fsp3) is 0.125. The number of nitro benzene ring substituents is 1. The highest BCUT2D eigenvalue weighted by Gasteiger charge is 2.18. The molecule has 0 fully saturated rings. The van der Waals surface area contributed by atoms with Gasteiger partial charge in [0, 0.05) is 11.6 Å². The number of hydrogen-bond acceptors (Lipinski definition) is 8. The zero-order chi connectivity index (χ0) is 24.7. The van der Waals surface area contributed by atoms with Crippen LogP contribution in [0.1, 0.15) is 27.2 Å². The second-order valence-corrected chi connectivity index (χ2v) is 6.99. The summed E-state index contributed by atoms with van der Waals surface area (Å²) in [6, 6.07) is 13.7. The maximum Gasteiger partial charge on any atom is 0.343 e. The molecule has 2 aromatic carbocycles. The van der Waals surface area contributed by atoms with E-state index >= 15 is 0 Å². The topological polar surface area (TPSA) is 145 Å². The number of carbonyl (C=O) groups excluding carboxylic acids is 2. The SMILES string of the molecule is COc1cc(/C=C(\C#N)C(=O)NCc2ccco2)ccc1OC(=O)c1ccc(C)c([N+](=O)[O-])c1. The van der Waals surface area contributed by atoms with Crippen LogP contribution in [0.3, 0.4) is 0 Å². The molecule has 0 saturated carbocycles. The smallest absolute Gasteiger partial charge is 0.343 e. The van der Waals surface area contributed by atoms with E-state index in [0.717, 1.165) is 6.07 Å². The number of nitriles is 1. The lowest BCUT2D eigenvalue weighted by atomic mass is 10.1. The van der Waals surface area contributed by atoms with Crippen molar-refractivity contribution < 1.29 is 28.4 Å². The van der Waals surface area contributed by atoms with Gasteiger partial charge in [-0.15, -0.1) is 0 Å². The van der Waals surface area contributed by atoms with Gasteiger partial charge in [0.15, 0.2) is 11.5 Å². The van der Waals surface area contributed by atoms with Gasteiger partial charge in [0.25, 0.3) is 11.6 Å². The lowest BCUT2D eigenvalue weighted by Crippen LogP contribution is -2.23. The first-order valence-corrected chi connectivity index (χ1v) is 9.90. The minimum atomic E-state index is -0.806. The van der Waals surface area contributed by atoms with Crippen LogP contribution in [0.25, 0.3) is 6.08 Å². The predicted molar refractivity (Wildman–Crippen MR) is 120 cm³/mol. The number of ether oxygens (including phenoxy) is 2. The molecular weight excluding hydrogens is 442 g/mol. The van der Waals surface area contributed by atoms with E-state index in [0.29, 0.717) is 16.9 Å². The summed E-state index contributed by atoms with van der Waals surface area (Å²) in [6.07, 6.45) is 2.83. The molecule has 0 bridgehead atoms. The number of hydrogen-bond donors (Lipinski definition) is 1. The summed E-state index contributed by atoms with van der Waals surface area (Å²) in [5, 5.41) is 23.1. The summed E-state index contributed by atoms with van der Waals surface area (Å²) in [7, 11) is 1.36. The predicted octanol–water partition coefficient (Wildman–Crippen LogP) is 3.95. The third-order valence-corrected chi connectivity index (χ3v) is 4.71. The van der Waals surface area contributed by atoms with E-state index in [1.165, 1.54) is 49.8 Å². The quantitative estimate of drug-likeness (QED) is 0.133. The van der Waals surface area contributed by atoms with Gasteiger partial charge in [-0.05, 0) is 48.9 Å². The van der Waals surface area contributed by atoms with E-state index in [1.807, 2.05) is 6.07 Å². The Kier molecular flexibility index (Phi) is 7.41. The third kappa shape index (κ3) is 5.66. The van der Waals surface area contributed by atoms with Gasteiger partial charge in [-0.3, -0.25) is 14.9 Å². The monoisotopic (exact) mass is 461 g/mol. The Hall–Kier alpha value is -4.91. The van der Waals surface area contributed by atoms with Gasteiger partial charge < -0.3 is 19.2 Å². The molecule has 10 nitrogen and oxygen atoms in total. The molecule has 0 aliphatic carbocycles. The molecular formula is C24H19N3O7. The van der Waals surface area contributed by atoms with E-state index in [1.54, 1.807) is 19.1 Å². The summed E-state index contributed by atoms with van der Waals surface area (Å²) < 4.78 is 15.8. The van der Waals surface area contributed by atoms with Crippen molar-refractivity contribution in [3.63, 3.8) is 0 Å². The van der Waals surface area contributed by atoms with Crippen molar-refractivity contribution in [2.75, 3.05) is 7.11 Å².